The monoisotopic (exact) mass is 407 g/mol. The van der Waals surface area contributed by atoms with Gasteiger partial charge in [0.2, 0.25) is 0 Å². The minimum Gasteiger partial charge on any atom is -0.497 e. The number of allylic oxidation sites excluding steroid dienone is 3. The fourth-order valence-electron chi connectivity index (χ4n) is 4.06. The van der Waals surface area contributed by atoms with E-state index >= 15 is 0 Å². The Bertz CT molecular complexity index is 1360. The van der Waals surface area contributed by atoms with Crippen LogP contribution in [0.5, 0.6) is 5.75 Å². The van der Waals surface area contributed by atoms with Crippen molar-refractivity contribution in [2.75, 3.05) is 12.8 Å². The molecule has 6 nitrogen and oxygen atoms in total. The van der Waals surface area contributed by atoms with Gasteiger partial charge in [-0.2, -0.15) is 10.5 Å². The summed E-state index contributed by atoms with van der Waals surface area (Å²) in [6.45, 7) is 5.80. The van der Waals surface area contributed by atoms with Gasteiger partial charge >= 0.3 is 0 Å². The number of nitrogen functional groups attached to an aromatic ring is 1. The molecule has 1 aromatic carbocycles. The molecule has 152 valence electrons. The average molecular weight is 407 g/mol. The number of fused-ring (bicyclic) bond motifs is 1. The zero-order chi connectivity index (χ0) is 22.3. The molecule has 2 aromatic heterocycles. The van der Waals surface area contributed by atoms with Crippen LogP contribution in [0.15, 0.2) is 42.1 Å². The second-order valence-corrected chi connectivity index (χ2v) is 7.49. The summed E-state index contributed by atoms with van der Waals surface area (Å²) in [6.07, 6.45) is 4.09. The van der Waals surface area contributed by atoms with Crippen molar-refractivity contribution in [3.63, 3.8) is 0 Å². The lowest BCUT2D eigenvalue weighted by atomic mass is 9.96. The van der Waals surface area contributed by atoms with Crippen molar-refractivity contribution in [3.8, 4) is 23.6 Å². The Morgan fingerprint density at radius 2 is 1.81 bits per heavy atom. The number of aryl methyl sites for hydroxylation is 1. The van der Waals surface area contributed by atoms with Gasteiger partial charge < -0.3 is 15.0 Å². The standard InChI is InChI=1S/C25H21N5O/c1-14-9-17(13-30(14)18-5-7-19(31-4)8-6-18)10-20-15(2)21(11-26)24-23(20)16(3)22(12-27)25(28)29-24/h5-10,13H,1-4H3,(H2,28,29)/b20-10+. The summed E-state index contributed by atoms with van der Waals surface area (Å²) in [5.74, 6) is 0.959. The first kappa shape index (κ1) is 20.0. The maximum Gasteiger partial charge on any atom is 0.142 e. The maximum absolute atomic E-state index is 9.72. The van der Waals surface area contributed by atoms with Crippen LogP contribution in [0.4, 0.5) is 5.82 Å². The third-order valence-electron chi connectivity index (χ3n) is 5.68. The van der Waals surface area contributed by atoms with E-state index in [-0.39, 0.29) is 5.82 Å². The molecule has 0 spiro atoms. The van der Waals surface area contributed by atoms with Crippen LogP contribution >= 0.6 is 0 Å². The predicted octanol–water partition coefficient (Wildman–Crippen LogP) is 4.80. The van der Waals surface area contributed by atoms with E-state index in [0.717, 1.165) is 45.0 Å². The number of aromatic nitrogens is 2. The van der Waals surface area contributed by atoms with Crippen LogP contribution in [0.25, 0.3) is 22.9 Å². The van der Waals surface area contributed by atoms with E-state index in [1.165, 1.54) is 0 Å². The van der Waals surface area contributed by atoms with Gasteiger partial charge in [-0.15, -0.1) is 0 Å². The van der Waals surface area contributed by atoms with Crippen molar-refractivity contribution in [2.45, 2.75) is 20.8 Å². The van der Waals surface area contributed by atoms with Crippen LogP contribution in [0.1, 0.15) is 40.6 Å². The SMILES string of the molecule is COc1ccc(-n2cc(/C=C3\C(C)=C(C#N)c4nc(N)c(C#N)c(C)c43)cc2C)cc1. The van der Waals surface area contributed by atoms with Crippen LogP contribution in [0.2, 0.25) is 0 Å². The number of nitrogens with two attached hydrogens (primary N) is 1. The number of methoxy groups -OCH3 is 1. The Hall–Kier alpha value is -4.29. The van der Waals surface area contributed by atoms with Crippen LogP contribution < -0.4 is 10.5 Å². The number of pyridine rings is 1. The molecule has 0 amide bonds. The van der Waals surface area contributed by atoms with E-state index in [1.54, 1.807) is 7.11 Å². The topological polar surface area (TPSA) is 101 Å². The highest BCUT2D eigenvalue weighted by Crippen LogP contribution is 2.44. The first-order valence-corrected chi connectivity index (χ1v) is 9.77. The summed E-state index contributed by atoms with van der Waals surface area (Å²) in [5.41, 5.74) is 13.7. The molecule has 31 heavy (non-hydrogen) atoms. The van der Waals surface area contributed by atoms with Gasteiger partial charge in [0, 0.05) is 23.1 Å². The van der Waals surface area contributed by atoms with Gasteiger partial charge in [0.05, 0.1) is 23.9 Å². The quantitative estimate of drug-likeness (QED) is 0.672. The van der Waals surface area contributed by atoms with Crippen LogP contribution in [-0.2, 0) is 0 Å². The molecule has 0 fully saturated rings. The minimum absolute atomic E-state index is 0.155. The highest BCUT2D eigenvalue weighted by Gasteiger charge is 2.29. The first-order chi connectivity index (χ1) is 14.9. The van der Waals surface area contributed by atoms with Gasteiger partial charge in [-0.05, 0) is 79.5 Å². The first-order valence-electron chi connectivity index (χ1n) is 9.77. The third-order valence-corrected chi connectivity index (χ3v) is 5.68. The average Bonchev–Trinajstić information content (AvgIpc) is 3.25. The number of rotatable bonds is 3. The van der Waals surface area contributed by atoms with Gasteiger partial charge in [-0.1, -0.05) is 0 Å². The van der Waals surface area contributed by atoms with Crippen molar-refractivity contribution >= 4 is 23.0 Å². The van der Waals surface area contributed by atoms with Crippen molar-refractivity contribution in [2.24, 2.45) is 0 Å². The molecule has 4 rings (SSSR count). The van der Waals surface area contributed by atoms with E-state index in [2.05, 4.69) is 27.8 Å². The smallest absolute Gasteiger partial charge is 0.142 e. The normalized spacial score (nSPS) is 13.8. The molecule has 6 heteroatoms. The van der Waals surface area contributed by atoms with Gasteiger partial charge in [0.15, 0.2) is 0 Å². The number of nitrogens with zero attached hydrogens (tertiary/aromatic N) is 4. The maximum atomic E-state index is 9.72. The van der Waals surface area contributed by atoms with Crippen molar-refractivity contribution < 1.29 is 4.74 Å². The molecule has 2 N–H and O–H groups in total. The molecule has 0 radical (unpaired) electrons. The Kier molecular flexibility index (Phi) is 4.85. The molecule has 1 aliphatic carbocycles. The Morgan fingerprint density at radius 3 is 2.42 bits per heavy atom. The van der Waals surface area contributed by atoms with E-state index in [4.69, 9.17) is 10.5 Å². The number of anilines is 1. The summed E-state index contributed by atoms with van der Waals surface area (Å²) in [5, 5.41) is 19.2. The summed E-state index contributed by atoms with van der Waals surface area (Å²) >= 11 is 0. The molecule has 0 atom stereocenters. The summed E-state index contributed by atoms with van der Waals surface area (Å²) in [6, 6.07) is 14.3. The number of hydrogen-bond donors (Lipinski definition) is 1. The number of benzene rings is 1. The number of ether oxygens (including phenoxy) is 1. The zero-order valence-electron chi connectivity index (χ0n) is 17.8. The fourth-order valence-corrected chi connectivity index (χ4v) is 4.06. The molecular formula is C25H21N5O. The van der Waals surface area contributed by atoms with Crippen LogP contribution in [0.3, 0.4) is 0 Å². The van der Waals surface area contributed by atoms with Gasteiger partial charge in [-0.3, -0.25) is 0 Å². The molecule has 0 bridgehead atoms. The largest absolute Gasteiger partial charge is 0.497 e. The lowest BCUT2D eigenvalue weighted by molar-refractivity contribution is 0.414. The van der Waals surface area contributed by atoms with E-state index < -0.39 is 0 Å². The molecule has 0 unspecified atom stereocenters. The van der Waals surface area contributed by atoms with E-state index in [0.29, 0.717) is 16.8 Å². The molecule has 0 saturated heterocycles. The third kappa shape index (κ3) is 3.15. The fraction of sp³-hybridized carbons (Fsp3) is 0.160. The van der Waals surface area contributed by atoms with Gasteiger partial charge in [-0.25, -0.2) is 4.98 Å². The molecule has 0 aliphatic heterocycles. The molecule has 3 aromatic rings. The summed E-state index contributed by atoms with van der Waals surface area (Å²) < 4.78 is 7.34. The second-order valence-electron chi connectivity index (χ2n) is 7.49. The molecule has 2 heterocycles. The molecule has 0 saturated carbocycles. The minimum atomic E-state index is 0.155. The van der Waals surface area contributed by atoms with Crippen molar-refractivity contribution in [3.05, 3.63) is 75.7 Å². The predicted molar refractivity (Wildman–Crippen MR) is 121 cm³/mol. The van der Waals surface area contributed by atoms with Crippen LogP contribution in [0, 0.1) is 36.5 Å². The highest BCUT2D eigenvalue weighted by molar-refractivity contribution is 6.08. The van der Waals surface area contributed by atoms with Crippen molar-refractivity contribution in [1.82, 2.24) is 9.55 Å². The zero-order valence-corrected chi connectivity index (χ0v) is 17.8. The number of nitriles is 2. The Morgan fingerprint density at radius 1 is 1.10 bits per heavy atom. The van der Waals surface area contributed by atoms with E-state index in [1.807, 2.05) is 57.3 Å². The Labute approximate surface area is 181 Å². The van der Waals surface area contributed by atoms with Gasteiger partial charge in [0.25, 0.3) is 0 Å². The summed E-state index contributed by atoms with van der Waals surface area (Å²) in [7, 11) is 1.65. The lowest BCUT2D eigenvalue weighted by Gasteiger charge is -2.10. The van der Waals surface area contributed by atoms with E-state index in [9.17, 15) is 10.5 Å². The molecule has 1 aliphatic rings. The lowest BCUT2D eigenvalue weighted by Crippen LogP contribution is -2.03. The highest BCUT2D eigenvalue weighted by atomic mass is 16.5. The second kappa shape index (κ2) is 7.51. The van der Waals surface area contributed by atoms with Crippen LogP contribution in [-0.4, -0.2) is 16.7 Å². The number of hydrogen-bond acceptors (Lipinski definition) is 5. The molecular weight excluding hydrogens is 386 g/mol. The summed E-state index contributed by atoms with van der Waals surface area (Å²) in [4.78, 5) is 4.38. The Balaban J connectivity index is 1.86. The van der Waals surface area contributed by atoms with Crippen molar-refractivity contribution in [1.29, 1.82) is 10.5 Å². The van der Waals surface area contributed by atoms with Gasteiger partial charge in [0.1, 0.15) is 23.7 Å².